The molecular formula is C9H14N4O4S. The predicted octanol–water partition coefficient (Wildman–Crippen LogP) is 0.389. The first-order chi connectivity index (χ1) is 8.31. The van der Waals surface area contributed by atoms with Gasteiger partial charge in [0.15, 0.2) is 0 Å². The van der Waals surface area contributed by atoms with E-state index in [1.54, 1.807) is 6.92 Å². The van der Waals surface area contributed by atoms with Crippen LogP contribution in [0, 0.1) is 17.0 Å². The summed E-state index contributed by atoms with van der Waals surface area (Å²) >= 11 is 0. The van der Waals surface area contributed by atoms with Crippen LogP contribution in [0.1, 0.15) is 12.0 Å². The molecule has 0 saturated heterocycles. The van der Waals surface area contributed by atoms with E-state index in [1.165, 1.54) is 12.3 Å². The standard InChI is InChI=1S/C9H14N4O4S/c1-7-3-5-12-9(8(7)13(14)15)11-4-2-6-18(10,16)17/h3,5H,2,4,6H2,1H3,(H,11,12)(H2,10,16,17). The Hall–Kier alpha value is -1.74. The summed E-state index contributed by atoms with van der Waals surface area (Å²) in [7, 11) is -3.51. The Morgan fingerprint density at radius 3 is 2.78 bits per heavy atom. The smallest absolute Gasteiger partial charge is 0.314 e. The molecule has 0 spiro atoms. The zero-order chi connectivity index (χ0) is 13.8. The fourth-order valence-corrected chi connectivity index (χ4v) is 1.94. The first kappa shape index (κ1) is 14.3. The number of hydrogen-bond donors (Lipinski definition) is 2. The molecule has 0 aromatic carbocycles. The number of anilines is 1. The van der Waals surface area contributed by atoms with Crippen molar-refractivity contribution in [3.63, 3.8) is 0 Å². The van der Waals surface area contributed by atoms with E-state index in [2.05, 4.69) is 10.3 Å². The van der Waals surface area contributed by atoms with Crippen molar-refractivity contribution >= 4 is 21.5 Å². The lowest BCUT2D eigenvalue weighted by molar-refractivity contribution is -0.384. The highest BCUT2D eigenvalue weighted by Gasteiger charge is 2.17. The summed E-state index contributed by atoms with van der Waals surface area (Å²) in [4.78, 5) is 14.2. The fraction of sp³-hybridized carbons (Fsp3) is 0.444. The van der Waals surface area contributed by atoms with E-state index in [9.17, 15) is 18.5 Å². The van der Waals surface area contributed by atoms with Gasteiger partial charge in [0.05, 0.1) is 10.7 Å². The first-order valence-corrected chi connectivity index (χ1v) is 6.87. The Bertz CT molecular complexity index is 543. The Morgan fingerprint density at radius 1 is 1.56 bits per heavy atom. The van der Waals surface area contributed by atoms with Crippen LogP contribution in [0.25, 0.3) is 0 Å². The van der Waals surface area contributed by atoms with Crippen LogP contribution < -0.4 is 10.5 Å². The summed E-state index contributed by atoms with van der Waals surface area (Å²) in [5, 5.41) is 18.4. The van der Waals surface area contributed by atoms with Crippen LogP contribution in [0.5, 0.6) is 0 Å². The summed E-state index contributed by atoms with van der Waals surface area (Å²) in [6.07, 6.45) is 1.70. The minimum atomic E-state index is -3.51. The molecule has 0 aliphatic heterocycles. The van der Waals surface area contributed by atoms with Crippen LogP contribution >= 0.6 is 0 Å². The summed E-state index contributed by atoms with van der Waals surface area (Å²) in [6.45, 7) is 1.85. The Kier molecular flexibility index (Phi) is 4.56. The number of nitro groups is 1. The minimum absolute atomic E-state index is 0.104. The topological polar surface area (TPSA) is 128 Å². The lowest BCUT2D eigenvalue weighted by Gasteiger charge is -2.06. The highest BCUT2D eigenvalue weighted by atomic mass is 32.2. The van der Waals surface area contributed by atoms with Gasteiger partial charge in [-0.05, 0) is 19.4 Å². The second-order valence-corrected chi connectivity index (χ2v) is 5.46. The molecule has 1 rings (SSSR count). The molecule has 0 radical (unpaired) electrons. The summed E-state index contributed by atoms with van der Waals surface area (Å²) in [5.41, 5.74) is 0.386. The quantitative estimate of drug-likeness (QED) is 0.438. The molecule has 1 aromatic heterocycles. The van der Waals surface area contributed by atoms with Crippen LogP contribution in [0.2, 0.25) is 0 Å². The SMILES string of the molecule is Cc1ccnc(NCCCS(N)(=O)=O)c1[N+](=O)[O-]. The predicted molar refractivity (Wildman–Crippen MR) is 66.7 cm³/mol. The molecule has 0 saturated carbocycles. The van der Waals surface area contributed by atoms with Crippen molar-refractivity contribution in [3.8, 4) is 0 Å². The second kappa shape index (κ2) is 5.74. The van der Waals surface area contributed by atoms with Gasteiger partial charge in [0.25, 0.3) is 0 Å². The first-order valence-electron chi connectivity index (χ1n) is 5.15. The molecule has 8 nitrogen and oxygen atoms in total. The number of primary sulfonamides is 1. The fourth-order valence-electron chi connectivity index (χ4n) is 1.39. The van der Waals surface area contributed by atoms with Crippen LogP contribution in [-0.2, 0) is 10.0 Å². The molecule has 3 N–H and O–H groups in total. The molecule has 0 aliphatic rings. The average molecular weight is 274 g/mol. The largest absolute Gasteiger partial charge is 0.364 e. The maximum Gasteiger partial charge on any atom is 0.314 e. The van der Waals surface area contributed by atoms with E-state index < -0.39 is 14.9 Å². The zero-order valence-electron chi connectivity index (χ0n) is 9.79. The number of nitrogens with two attached hydrogens (primary N) is 1. The molecule has 0 fully saturated rings. The monoisotopic (exact) mass is 274 g/mol. The van der Waals surface area contributed by atoms with Gasteiger partial charge in [-0.25, -0.2) is 18.5 Å². The van der Waals surface area contributed by atoms with Gasteiger partial charge in [-0.2, -0.15) is 0 Å². The van der Waals surface area contributed by atoms with Gasteiger partial charge < -0.3 is 5.32 Å². The van der Waals surface area contributed by atoms with Gasteiger partial charge in [-0.1, -0.05) is 0 Å². The van der Waals surface area contributed by atoms with Gasteiger partial charge in [0.2, 0.25) is 15.8 Å². The maximum absolute atomic E-state index is 10.8. The zero-order valence-corrected chi connectivity index (χ0v) is 10.6. The molecule has 0 bridgehead atoms. The normalized spacial score (nSPS) is 11.2. The minimum Gasteiger partial charge on any atom is -0.364 e. The molecule has 0 amide bonds. The van der Waals surface area contributed by atoms with E-state index in [4.69, 9.17) is 5.14 Å². The Labute approximate surface area is 104 Å². The summed E-state index contributed by atoms with van der Waals surface area (Å²) < 4.78 is 21.4. The van der Waals surface area contributed by atoms with Gasteiger partial charge >= 0.3 is 5.69 Å². The summed E-state index contributed by atoms with van der Waals surface area (Å²) in [5.74, 6) is -0.0472. The lowest BCUT2D eigenvalue weighted by atomic mass is 10.2. The highest BCUT2D eigenvalue weighted by Crippen LogP contribution is 2.25. The molecule has 0 atom stereocenters. The van der Waals surface area contributed by atoms with E-state index >= 15 is 0 Å². The number of aromatic nitrogens is 1. The number of sulfonamides is 1. The van der Waals surface area contributed by atoms with Gasteiger partial charge in [-0.3, -0.25) is 10.1 Å². The van der Waals surface area contributed by atoms with Gasteiger partial charge in [-0.15, -0.1) is 0 Å². The lowest BCUT2D eigenvalue weighted by Crippen LogP contribution is -2.19. The highest BCUT2D eigenvalue weighted by molar-refractivity contribution is 7.89. The number of hydrogen-bond acceptors (Lipinski definition) is 6. The van der Waals surface area contributed by atoms with Crippen LogP contribution in [0.15, 0.2) is 12.3 Å². The van der Waals surface area contributed by atoms with Crippen molar-refractivity contribution in [2.75, 3.05) is 17.6 Å². The third-order valence-corrected chi connectivity index (χ3v) is 3.06. The van der Waals surface area contributed by atoms with Crippen molar-refractivity contribution in [1.82, 2.24) is 4.98 Å². The Balaban J connectivity index is 2.68. The molecule has 1 aromatic rings. The van der Waals surface area contributed by atoms with Crippen LogP contribution in [0.4, 0.5) is 11.5 Å². The van der Waals surface area contributed by atoms with E-state index in [-0.39, 0.29) is 30.2 Å². The number of nitrogens with zero attached hydrogens (tertiary/aromatic N) is 2. The van der Waals surface area contributed by atoms with E-state index in [0.717, 1.165) is 0 Å². The van der Waals surface area contributed by atoms with Crippen molar-refractivity contribution in [2.24, 2.45) is 5.14 Å². The molecular weight excluding hydrogens is 260 g/mol. The third kappa shape index (κ3) is 4.26. The number of pyridine rings is 1. The van der Waals surface area contributed by atoms with Crippen molar-refractivity contribution in [1.29, 1.82) is 0 Å². The van der Waals surface area contributed by atoms with Crippen molar-refractivity contribution in [3.05, 3.63) is 27.9 Å². The third-order valence-electron chi connectivity index (χ3n) is 2.21. The van der Waals surface area contributed by atoms with E-state index in [1.807, 2.05) is 0 Å². The number of aryl methyl sites for hydroxylation is 1. The molecule has 18 heavy (non-hydrogen) atoms. The van der Waals surface area contributed by atoms with Crippen LogP contribution in [0.3, 0.4) is 0 Å². The average Bonchev–Trinajstić information content (AvgIpc) is 2.22. The molecule has 1 heterocycles. The number of rotatable bonds is 6. The van der Waals surface area contributed by atoms with Crippen molar-refractivity contribution < 1.29 is 13.3 Å². The molecule has 9 heteroatoms. The van der Waals surface area contributed by atoms with Crippen molar-refractivity contribution in [2.45, 2.75) is 13.3 Å². The van der Waals surface area contributed by atoms with E-state index in [0.29, 0.717) is 5.56 Å². The molecule has 0 unspecified atom stereocenters. The Morgan fingerprint density at radius 2 is 2.22 bits per heavy atom. The molecule has 100 valence electrons. The molecule has 0 aliphatic carbocycles. The number of nitrogens with one attached hydrogen (secondary N) is 1. The second-order valence-electron chi connectivity index (χ2n) is 3.73. The summed E-state index contributed by atoms with van der Waals surface area (Å²) in [6, 6.07) is 1.54. The maximum atomic E-state index is 10.8. The van der Waals surface area contributed by atoms with Crippen LogP contribution in [-0.4, -0.2) is 30.6 Å². The van der Waals surface area contributed by atoms with Gasteiger partial charge in [0, 0.05) is 18.3 Å². The van der Waals surface area contributed by atoms with Gasteiger partial charge in [0.1, 0.15) is 0 Å².